The molecule has 0 fully saturated rings. The van der Waals surface area contributed by atoms with Gasteiger partial charge in [0.2, 0.25) is 0 Å². The largest absolute Gasteiger partial charge is 0.497 e. The van der Waals surface area contributed by atoms with Gasteiger partial charge < -0.3 is 28.4 Å². The predicted octanol–water partition coefficient (Wildman–Crippen LogP) is 12.3. The smallest absolute Gasteiger partial charge is 0.496 e. The molecular weight excluding hydrogens is 787 g/mol. The van der Waals surface area contributed by atoms with Crippen molar-refractivity contribution in [1.29, 1.82) is 0 Å². The van der Waals surface area contributed by atoms with Gasteiger partial charge in [-0.1, -0.05) is 149 Å². The minimum Gasteiger partial charge on any atom is -0.497 e. The highest BCUT2D eigenvalue weighted by Crippen LogP contribution is 2.42. The van der Waals surface area contributed by atoms with Crippen molar-refractivity contribution in [3.8, 4) is 44.9 Å². The van der Waals surface area contributed by atoms with Crippen LogP contribution in [0.3, 0.4) is 0 Å². The quantitative estimate of drug-likeness (QED) is 0.162. The molecule has 0 atom stereocenters. The van der Waals surface area contributed by atoms with Crippen LogP contribution in [-0.2, 0) is 0 Å². The minimum atomic E-state index is -1.63. The van der Waals surface area contributed by atoms with Gasteiger partial charge in [0.1, 0.15) is 33.8 Å². The second kappa shape index (κ2) is 17.3. The summed E-state index contributed by atoms with van der Waals surface area (Å²) in [4.78, 5) is 0. The first-order valence-electron chi connectivity index (χ1n) is 26.3. The fraction of sp³-hybridized carbons (Fsp3) is 0.0400. The van der Waals surface area contributed by atoms with E-state index in [1.54, 1.807) is 24.3 Å². The predicted molar refractivity (Wildman–Crippen MR) is 241 cm³/mol. The lowest BCUT2D eigenvalue weighted by Gasteiger charge is -2.10. The van der Waals surface area contributed by atoms with Crippen molar-refractivity contribution < 1.29 is 53.0 Å². The van der Waals surface area contributed by atoms with Crippen LogP contribution in [-0.4, -0.2) is 31.4 Å². The number of rotatable bonds is 6. The molecule has 6 nitrogen and oxygen atoms in total. The number of ether oxygens (including phenoxy) is 2. The fourth-order valence-electron chi connectivity index (χ4n) is 6.13. The van der Waals surface area contributed by atoms with Crippen molar-refractivity contribution in [3.63, 3.8) is 0 Å². The zero-order chi connectivity index (χ0) is 55.7. The van der Waals surface area contributed by atoms with E-state index in [2.05, 4.69) is 15.9 Å². The van der Waals surface area contributed by atoms with E-state index in [-0.39, 0.29) is 55.6 Å². The summed E-state index contributed by atoms with van der Waals surface area (Å²) in [6, 6.07) is 12.3. The van der Waals surface area contributed by atoms with Gasteiger partial charge in [-0.15, -0.1) is 0 Å². The molecule has 0 unspecified atom stereocenters. The van der Waals surface area contributed by atoms with E-state index < -0.39 is 109 Å². The maximum Gasteiger partial charge on any atom is 0.496 e. The number of para-hydroxylation sites is 2. The molecule has 0 aliphatic heterocycles. The van der Waals surface area contributed by atoms with Gasteiger partial charge in [-0.05, 0) is 76.3 Å². The highest BCUT2D eigenvalue weighted by atomic mass is 79.9. The summed E-state index contributed by atoms with van der Waals surface area (Å²) >= 11 is 2.95. The number of fused-ring (bicyclic) bond motifs is 6. The summed E-state index contributed by atoms with van der Waals surface area (Å²) in [6.45, 7) is 0. The molecule has 2 aromatic heterocycles. The summed E-state index contributed by atoms with van der Waals surface area (Å²) in [6.07, 6.45) is 0. The van der Waals surface area contributed by atoms with Gasteiger partial charge >= 0.3 is 7.12 Å². The van der Waals surface area contributed by atoms with Crippen LogP contribution in [0.15, 0.2) is 195 Å². The lowest BCUT2D eigenvalue weighted by Crippen LogP contribution is -2.31. The van der Waals surface area contributed by atoms with Crippen molar-refractivity contribution in [1.82, 2.24) is 0 Å². The molecule has 0 bridgehead atoms. The molecule has 10 aromatic rings. The minimum absolute atomic E-state index is 0.0429. The molecule has 10 rings (SSSR count). The summed E-state index contributed by atoms with van der Waals surface area (Å²) in [5, 5.41) is 22.2. The standard InChI is InChI=1S/C25H18O2.C13H11BO4.C12H9Br/c1-26-23-16-15-21-20-9-5-6-10-22(20)27-25(21)24(23)19-13-11-18(12-14-19)17-7-3-2-4-8-17;1-17-11-7-6-9-8-4-2-3-5-10(8)18-13(9)12(11)14(15)16;13-12-8-6-11(7-9-12)10-4-2-1-3-5-10/h2-16H,1H3;2-7,15-16H,1H3;1-9H/i2D,3D,4D,7D,8D,11D,12D,13D,14D;;1D,2D,3D,4D,5D,6D,7D,8D,9D. The molecule has 0 saturated heterocycles. The van der Waals surface area contributed by atoms with Crippen LogP contribution in [0, 0.1) is 0 Å². The number of methoxy groups -OCH3 is 2. The number of hydrogen-bond acceptors (Lipinski definition) is 6. The highest BCUT2D eigenvalue weighted by Gasteiger charge is 2.24. The number of hydrogen-bond donors (Lipinski definition) is 2. The SMILES string of the molecule is COc1ccc2c(oc3ccccc32)c1B(O)O.[2H]c1c([2H])c([2H])c(-c2c([2H])c([2H])c(-c3c(OC)ccc4c3oc3ccccc34)c([2H])c2[2H])c([2H])c1[2H].[2H]c1c([2H])c([2H])c(-c2c([2H])c([2H])c(Br)c([2H])c2[2H])c([2H])c1[2H]. The Morgan fingerprint density at radius 1 is 0.483 bits per heavy atom. The van der Waals surface area contributed by atoms with E-state index in [4.69, 9.17) is 43.0 Å². The molecule has 0 spiro atoms. The van der Waals surface area contributed by atoms with Gasteiger partial charge in [0, 0.05) is 26.0 Å². The van der Waals surface area contributed by atoms with Gasteiger partial charge in [-0.25, -0.2) is 0 Å². The molecule has 8 heteroatoms. The third-order valence-electron chi connectivity index (χ3n) is 8.72. The topological polar surface area (TPSA) is 85.2 Å². The van der Waals surface area contributed by atoms with E-state index in [1.807, 2.05) is 48.5 Å². The molecule has 2 heterocycles. The molecule has 58 heavy (non-hydrogen) atoms. The monoisotopic (exact) mass is 842 g/mol. The summed E-state index contributed by atoms with van der Waals surface area (Å²) < 4.78 is 168. The normalized spacial score (nSPS) is 15.2. The Morgan fingerprint density at radius 3 is 1.43 bits per heavy atom. The molecule has 8 aromatic carbocycles. The van der Waals surface area contributed by atoms with E-state index in [1.165, 1.54) is 14.2 Å². The first-order chi connectivity index (χ1) is 35.9. The van der Waals surface area contributed by atoms with Crippen molar-refractivity contribution >= 4 is 72.4 Å². The second-order valence-corrected chi connectivity index (χ2v) is 12.9. The molecule has 0 saturated carbocycles. The number of halogens is 1. The average molecular weight is 844 g/mol. The van der Waals surface area contributed by atoms with Gasteiger partial charge in [-0.2, -0.15) is 0 Å². The average Bonchev–Trinajstić information content (AvgIpc) is 3.99. The zero-order valence-electron chi connectivity index (χ0n) is 48.4. The second-order valence-electron chi connectivity index (χ2n) is 12.1. The lowest BCUT2D eigenvalue weighted by molar-refractivity contribution is 0.403. The number of furan rings is 2. The third kappa shape index (κ3) is 7.86. The molecule has 0 amide bonds. The Balaban J connectivity index is 0.000000163. The van der Waals surface area contributed by atoms with E-state index in [0.717, 1.165) is 16.2 Å². The van der Waals surface area contributed by atoms with Gasteiger partial charge in [0.05, 0.1) is 49.9 Å². The summed E-state index contributed by atoms with van der Waals surface area (Å²) in [5.74, 6) is 0.675. The Bertz CT molecular complexity index is 3850. The Labute approximate surface area is 370 Å². The lowest BCUT2D eigenvalue weighted by atomic mass is 9.78. The van der Waals surface area contributed by atoms with Gasteiger partial charge in [0.25, 0.3) is 0 Å². The first-order valence-corrected chi connectivity index (χ1v) is 18.1. The Hall–Kier alpha value is -6.58. The van der Waals surface area contributed by atoms with E-state index in [0.29, 0.717) is 33.5 Å². The van der Waals surface area contributed by atoms with E-state index in [9.17, 15) is 10.0 Å². The van der Waals surface area contributed by atoms with Crippen LogP contribution in [0.25, 0.3) is 77.3 Å². The van der Waals surface area contributed by atoms with Crippen LogP contribution in [0.2, 0.25) is 0 Å². The van der Waals surface area contributed by atoms with Crippen LogP contribution in [0.4, 0.5) is 0 Å². The fourth-order valence-corrected chi connectivity index (χ4v) is 6.32. The molecular formula is C50H38BBrO6. The zero-order valence-corrected chi connectivity index (χ0v) is 32.0. The maximum atomic E-state index is 9.47. The Kier molecular flexibility index (Phi) is 6.67. The van der Waals surface area contributed by atoms with Gasteiger partial charge in [0.15, 0.2) is 0 Å². The Morgan fingerprint density at radius 2 is 0.914 bits per heavy atom. The summed E-state index contributed by atoms with van der Waals surface area (Å²) in [7, 11) is 1.27. The van der Waals surface area contributed by atoms with Crippen LogP contribution < -0.4 is 14.9 Å². The highest BCUT2D eigenvalue weighted by molar-refractivity contribution is 9.10. The molecule has 0 aliphatic carbocycles. The molecule has 0 radical (unpaired) electrons. The molecule has 0 aliphatic rings. The number of benzene rings is 8. The van der Waals surface area contributed by atoms with Crippen molar-refractivity contribution in [3.05, 3.63) is 186 Å². The van der Waals surface area contributed by atoms with Crippen molar-refractivity contribution in [2.45, 2.75) is 0 Å². The first kappa shape index (κ1) is 22.4. The summed E-state index contributed by atoms with van der Waals surface area (Å²) in [5.41, 5.74) is 1.06. The van der Waals surface area contributed by atoms with Crippen molar-refractivity contribution in [2.24, 2.45) is 0 Å². The van der Waals surface area contributed by atoms with E-state index >= 15 is 0 Å². The van der Waals surface area contributed by atoms with Crippen LogP contribution in [0.1, 0.15) is 24.7 Å². The molecule has 2 N–H and O–H groups in total. The van der Waals surface area contributed by atoms with Gasteiger partial charge in [-0.3, -0.25) is 0 Å². The van der Waals surface area contributed by atoms with Crippen LogP contribution in [0.5, 0.6) is 11.5 Å². The van der Waals surface area contributed by atoms with Crippen LogP contribution >= 0.6 is 15.9 Å². The third-order valence-corrected chi connectivity index (χ3v) is 9.12. The maximum absolute atomic E-state index is 9.47. The molecule has 284 valence electrons. The van der Waals surface area contributed by atoms with Crippen molar-refractivity contribution in [2.75, 3.05) is 14.2 Å².